The van der Waals surface area contributed by atoms with Crippen LogP contribution in [-0.4, -0.2) is 33.0 Å². The van der Waals surface area contributed by atoms with Gasteiger partial charge >= 0.3 is 0 Å². The van der Waals surface area contributed by atoms with E-state index in [4.69, 9.17) is 21.1 Å². The second-order valence-electron chi connectivity index (χ2n) is 8.26. The number of benzene rings is 2. The van der Waals surface area contributed by atoms with Crippen LogP contribution in [0.3, 0.4) is 0 Å². The summed E-state index contributed by atoms with van der Waals surface area (Å²) in [5.41, 5.74) is 5.34. The summed E-state index contributed by atoms with van der Waals surface area (Å²) in [6, 6.07) is 13.6. The number of nitrogens with one attached hydrogen (secondary N) is 1. The lowest BCUT2D eigenvalue weighted by molar-refractivity contribution is -0.955. The van der Waals surface area contributed by atoms with Crippen LogP contribution in [0.4, 0.5) is 5.95 Å². The average Bonchev–Trinajstić information content (AvgIpc) is 2.79. The fraction of sp³-hybridized carbons (Fsp3) is 0.292. The van der Waals surface area contributed by atoms with Crippen LogP contribution in [0, 0.1) is 11.3 Å². The lowest BCUT2D eigenvalue weighted by atomic mass is 9.77. The highest BCUT2D eigenvalue weighted by atomic mass is 35.5. The first kappa shape index (κ1) is 25.6. The number of aromatic nitrogens is 2. The fourth-order valence-electron chi connectivity index (χ4n) is 3.31. The number of thiol groups is 1. The molecule has 0 fully saturated rings. The lowest BCUT2D eigenvalue weighted by Crippen LogP contribution is -2.36. The van der Waals surface area contributed by atoms with Gasteiger partial charge in [0.1, 0.15) is 38.3 Å². The van der Waals surface area contributed by atoms with E-state index in [1.54, 1.807) is 12.4 Å². The van der Waals surface area contributed by atoms with E-state index in [2.05, 4.69) is 48.1 Å². The van der Waals surface area contributed by atoms with Crippen molar-refractivity contribution >= 4 is 30.4 Å². The van der Waals surface area contributed by atoms with Crippen molar-refractivity contribution in [3.63, 3.8) is 0 Å². The number of nitriles is 1. The number of hydroxylamine groups is 1. The molecule has 0 aliphatic heterocycles. The Bertz CT molecular complexity index is 1170. The molecule has 3 aromatic rings. The van der Waals surface area contributed by atoms with Crippen LogP contribution in [0.2, 0.25) is 5.02 Å². The molecule has 1 aromatic heterocycles. The molecule has 1 atom stereocenters. The van der Waals surface area contributed by atoms with Gasteiger partial charge in [-0.3, -0.25) is 0 Å². The van der Waals surface area contributed by atoms with Crippen LogP contribution in [0.1, 0.15) is 43.0 Å². The van der Waals surface area contributed by atoms with Gasteiger partial charge in [0, 0.05) is 23.4 Å². The molecule has 3 rings (SSSR count). The van der Waals surface area contributed by atoms with Gasteiger partial charge in [-0.1, -0.05) is 37.6 Å². The Morgan fingerprint density at radius 2 is 1.79 bits per heavy atom. The molecular weight excluding hydrogens is 474 g/mol. The molecule has 8 nitrogen and oxygen atoms in total. The van der Waals surface area contributed by atoms with E-state index in [-0.39, 0.29) is 12.6 Å². The fourth-order valence-corrected chi connectivity index (χ4v) is 3.67. The molecule has 0 radical (unpaired) electrons. The van der Waals surface area contributed by atoms with E-state index < -0.39 is 9.58 Å². The Balaban J connectivity index is 1.71. The maximum atomic E-state index is 9.58. The maximum Gasteiger partial charge on any atom is 0.273 e. The minimum Gasteiger partial charge on any atom is -0.491 e. The SMILES string of the molecule is CCOc1c(Cl)cc(C(C)(C)c2ccc(OCc3cnc(N[N+](C)(O)S)nc3)cc2)cc1C#N. The molecule has 2 N–H and O–H groups in total. The monoisotopic (exact) mass is 500 g/mol. The van der Waals surface area contributed by atoms with Gasteiger partial charge in [0.2, 0.25) is 0 Å². The van der Waals surface area contributed by atoms with Crippen LogP contribution in [0.5, 0.6) is 11.5 Å². The van der Waals surface area contributed by atoms with E-state index in [9.17, 15) is 10.5 Å². The Kier molecular flexibility index (Phi) is 7.89. The molecule has 0 spiro atoms. The quantitative estimate of drug-likeness (QED) is 0.208. The van der Waals surface area contributed by atoms with Gasteiger partial charge in [-0.15, -0.1) is 0 Å². The zero-order valence-electron chi connectivity index (χ0n) is 19.4. The summed E-state index contributed by atoms with van der Waals surface area (Å²) >= 11 is 10.3. The molecule has 0 amide bonds. The molecule has 0 bridgehead atoms. The summed E-state index contributed by atoms with van der Waals surface area (Å²) < 4.78 is 10.6. The molecule has 1 unspecified atom stereocenters. The highest BCUT2D eigenvalue weighted by Gasteiger charge is 2.26. The first-order valence-electron chi connectivity index (χ1n) is 10.5. The molecule has 2 aromatic carbocycles. The number of quaternary nitrogens is 1. The van der Waals surface area contributed by atoms with Crippen molar-refractivity contribution < 1.29 is 18.8 Å². The molecule has 34 heavy (non-hydrogen) atoms. The Hall–Kier alpha value is -3.03. The van der Waals surface area contributed by atoms with Gasteiger partial charge in [0.25, 0.3) is 5.95 Å². The summed E-state index contributed by atoms with van der Waals surface area (Å²) in [7, 11) is 1.42. The van der Waals surface area contributed by atoms with Crippen LogP contribution in [0.25, 0.3) is 0 Å². The molecule has 0 saturated carbocycles. The van der Waals surface area contributed by atoms with Crippen molar-refractivity contribution in [2.75, 3.05) is 19.1 Å². The van der Waals surface area contributed by atoms with Gasteiger partial charge in [-0.2, -0.15) is 15.9 Å². The van der Waals surface area contributed by atoms with Crippen molar-refractivity contribution in [1.82, 2.24) is 9.97 Å². The van der Waals surface area contributed by atoms with Gasteiger partial charge in [0.05, 0.1) is 17.2 Å². The van der Waals surface area contributed by atoms with E-state index >= 15 is 0 Å². The third kappa shape index (κ3) is 6.30. The van der Waals surface area contributed by atoms with Gasteiger partial charge in [-0.25, -0.2) is 9.97 Å². The first-order valence-corrected chi connectivity index (χ1v) is 11.3. The van der Waals surface area contributed by atoms with E-state index in [1.807, 2.05) is 43.3 Å². The van der Waals surface area contributed by atoms with Gasteiger partial charge in [-0.05, 0) is 46.5 Å². The maximum absolute atomic E-state index is 9.58. The van der Waals surface area contributed by atoms with Crippen molar-refractivity contribution in [2.45, 2.75) is 32.8 Å². The molecule has 0 saturated heterocycles. The van der Waals surface area contributed by atoms with E-state index in [0.717, 1.165) is 16.7 Å². The highest BCUT2D eigenvalue weighted by molar-refractivity contribution is 7.74. The summed E-state index contributed by atoms with van der Waals surface area (Å²) in [4.78, 5) is 8.25. The number of anilines is 1. The normalized spacial score (nSPS) is 13.0. The average molecular weight is 501 g/mol. The number of ether oxygens (including phenoxy) is 2. The van der Waals surface area contributed by atoms with Crippen molar-refractivity contribution in [2.24, 2.45) is 0 Å². The van der Waals surface area contributed by atoms with Crippen LogP contribution >= 0.6 is 24.4 Å². The van der Waals surface area contributed by atoms with Gasteiger partial charge < -0.3 is 9.47 Å². The van der Waals surface area contributed by atoms with Gasteiger partial charge in [0.15, 0.2) is 5.75 Å². The summed E-state index contributed by atoms with van der Waals surface area (Å²) in [6.07, 6.45) is 3.22. The number of nitrogens with zero attached hydrogens (tertiary/aromatic N) is 4. The van der Waals surface area contributed by atoms with Crippen LogP contribution in [0.15, 0.2) is 48.8 Å². The summed E-state index contributed by atoms with van der Waals surface area (Å²) in [5.74, 6) is 1.35. The topological polar surface area (TPSA) is 100 Å². The largest absolute Gasteiger partial charge is 0.491 e. The van der Waals surface area contributed by atoms with Crippen LogP contribution in [-0.2, 0) is 12.0 Å². The third-order valence-corrected chi connectivity index (χ3v) is 5.55. The highest BCUT2D eigenvalue weighted by Crippen LogP contribution is 2.38. The minimum atomic E-state index is -0.779. The summed E-state index contributed by atoms with van der Waals surface area (Å²) in [5, 5.41) is 19.6. The molecular formula is C24H27ClN5O3S+. The Morgan fingerprint density at radius 3 is 2.35 bits per heavy atom. The third-order valence-electron chi connectivity index (χ3n) is 5.17. The molecule has 178 valence electrons. The molecule has 0 aliphatic carbocycles. The van der Waals surface area contributed by atoms with E-state index in [0.29, 0.717) is 28.7 Å². The predicted molar refractivity (Wildman–Crippen MR) is 133 cm³/mol. The Labute approximate surface area is 209 Å². The van der Waals surface area contributed by atoms with Crippen molar-refractivity contribution in [3.8, 4) is 17.6 Å². The number of hydrogen-bond acceptors (Lipinski definition) is 8. The van der Waals surface area contributed by atoms with Crippen molar-refractivity contribution in [3.05, 3.63) is 76.1 Å². The minimum absolute atomic E-state index is 0.240. The predicted octanol–water partition coefficient (Wildman–Crippen LogP) is 5.31. The number of rotatable bonds is 9. The molecule has 0 aliphatic rings. The standard InChI is InChI=1S/C24H27ClN5O3S/c1-5-32-22-17(12-26)10-19(11-21(22)25)24(2,3)18-6-8-20(9-7-18)33-15-16-13-27-23(28-14-16)29-30(4,31)34/h6-11,13-14,31,34H,5,15H2,1-4H3,(H,27,28,29)/q+1. The lowest BCUT2D eigenvalue weighted by Gasteiger charge is -2.27. The number of hydrogen-bond donors (Lipinski definition) is 3. The molecule has 10 heteroatoms. The second-order valence-corrected chi connectivity index (χ2v) is 9.44. The number of halogens is 1. The molecule has 1 heterocycles. The second kappa shape index (κ2) is 10.5. The Morgan fingerprint density at radius 1 is 1.15 bits per heavy atom. The summed E-state index contributed by atoms with van der Waals surface area (Å²) in [6.45, 7) is 6.72. The van der Waals surface area contributed by atoms with E-state index in [1.165, 1.54) is 7.05 Å². The zero-order chi connectivity index (χ0) is 24.9. The smallest absolute Gasteiger partial charge is 0.273 e. The van der Waals surface area contributed by atoms with Crippen molar-refractivity contribution in [1.29, 1.82) is 5.26 Å². The first-order chi connectivity index (χ1) is 16.0. The zero-order valence-corrected chi connectivity index (χ0v) is 21.1. The van der Waals surface area contributed by atoms with Crippen LogP contribution < -0.4 is 14.9 Å².